The maximum absolute atomic E-state index is 12.9. The normalized spacial score (nSPS) is 17.0. The van der Waals surface area contributed by atoms with Crippen molar-refractivity contribution in [3.63, 3.8) is 0 Å². The van der Waals surface area contributed by atoms with Gasteiger partial charge in [-0.1, -0.05) is 23.7 Å². The van der Waals surface area contributed by atoms with Crippen LogP contribution in [0, 0.1) is 5.92 Å². The van der Waals surface area contributed by atoms with Crippen molar-refractivity contribution in [2.75, 3.05) is 38.3 Å². The quantitative estimate of drug-likeness (QED) is 0.750. The van der Waals surface area contributed by atoms with Crippen LogP contribution in [0.25, 0.3) is 11.1 Å². The number of carbonyl (C=O) groups is 2. The van der Waals surface area contributed by atoms with Crippen LogP contribution in [0.5, 0.6) is 0 Å². The van der Waals surface area contributed by atoms with E-state index in [0.717, 1.165) is 29.7 Å². The van der Waals surface area contributed by atoms with Crippen LogP contribution in [-0.2, 0) is 9.47 Å². The van der Waals surface area contributed by atoms with Crippen LogP contribution >= 0.6 is 11.6 Å². The number of morpholine rings is 1. The summed E-state index contributed by atoms with van der Waals surface area (Å²) in [5, 5.41) is 0.633. The number of benzene rings is 1. The minimum absolute atomic E-state index is 0.0172. The van der Waals surface area contributed by atoms with Crippen molar-refractivity contribution < 1.29 is 19.1 Å². The number of methoxy groups -OCH3 is 1. The molecule has 1 saturated carbocycles. The van der Waals surface area contributed by atoms with Crippen LogP contribution in [0.2, 0.25) is 5.02 Å². The summed E-state index contributed by atoms with van der Waals surface area (Å²) in [5.74, 6) is -0.577. The number of carbonyl (C=O) groups excluding carboxylic acids is 2. The van der Waals surface area contributed by atoms with Gasteiger partial charge in [-0.2, -0.15) is 0 Å². The Morgan fingerprint density at radius 1 is 1.15 bits per heavy atom. The van der Waals surface area contributed by atoms with Crippen molar-refractivity contribution in [1.29, 1.82) is 0 Å². The third-order valence-corrected chi connectivity index (χ3v) is 5.26. The van der Waals surface area contributed by atoms with E-state index >= 15 is 0 Å². The van der Waals surface area contributed by atoms with Crippen LogP contribution in [0.15, 0.2) is 30.5 Å². The molecule has 1 saturated heterocycles. The number of halogens is 1. The average Bonchev–Trinajstić information content (AvgIpc) is 3.48. The molecule has 27 heavy (non-hydrogen) atoms. The highest BCUT2D eigenvalue weighted by atomic mass is 35.5. The molecule has 4 rings (SSSR count). The van der Waals surface area contributed by atoms with Crippen LogP contribution in [0.4, 0.5) is 5.69 Å². The van der Waals surface area contributed by atoms with Gasteiger partial charge in [0.25, 0.3) is 0 Å². The molecule has 1 aliphatic carbocycles. The molecule has 1 aromatic heterocycles. The molecule has 0 radical (unpaired) electrons. The van der Waals surface area contributed by atoms with E-state index in [0.29, 0.717) is 37.0 Å². The van der Waals surface area contributed by atoms with Crippen molar-refractivity contribution in [2.45, 2.75) is 12.8 Å². The molecule has 6 nitrogen and oxygen atoms in total. The van der Waals surface area contributed by atoms with Crippen molar-refractivity contribution in [2.24, 2.45) is 5.92 Å². The number of aromatic nitrogens is 1. The van der Waals surface area contributed by atoms with Gasteiger partial charge in [-0.05, 0) is 30.5 Å². The molecule has 0 spiro atoms. The Bertz CT molecular complexity index is 865. The third kappa shape index (κ3) is 3.47. The Morgan fingerprint density at radius 3 is 2.41 bits per heavy atom. The minimum Gasteiger partial charge on any atom is -0.464 e. The van der Waals surface area contributed by atoms with E-state index in [9.17, 15) is 9.59 Å². The minimum atomic E-state index is -0.509. The largest absolute Gasteiger partial charge is 0.464 e. The zero-order valence-electron chi connectivity index (χ0n) is 15.1. The molecule has 0 bridgehead atoms. The van der Waals surface area contributed by atoms with E-state index in [1.54, 1.807) is 18.3 Å². The Morgan fingerprint density at radius 2 is 1.81 bits per heavy atom. The first kappa shape index (κ1) is 18.1. The van der Waals surface area contributed by atoms with Crippen molar-refractivity contribution >= 4 is 29.2 Å². The van der Waals surface area contributed by atoms with Crippen LogP contribution < -0.4 is 4.90 Å². The monoisotopic (exact) mass is 388 g/mol. The van der Waals surface area contributed by atoms with Crippen molar-refractivity contribution in [1.82, 2.24) is 4.57 Å². The summed E-state index contributed by atoms with van der Waals surface area (Å²) in [6, 6.07) is 7.40. The highest BCUT2D eigenvalue weighted by molar-refractivity contribution is 6.30. The van der Waals surface area contributed by atoms with Gasteiger partial charge in [0, 0.05) is 35.8 Å². The fraction of sp³-hybridized carbons (Fsp3) is 0.400. The summed E-state index contributed by atoms with van der Waals surface area (Å²) >= 11 is 6.04. The molecule has 142 valence electrons. The zero-order valence-corrected chi connectivity index (χ0v) is 15.9. The number of ether oxygens (including phenoxy) is 2. The SMILES string of the molecule is COC(=O)c1c(N2CCOCC2)c(-c2ccc(Cl)cc2)cn1C(=O)C1CC1. The zero-order chi connectivity index (χ0) is 19.0. The Hall–Kier alpha value is -2.31. The fourth-order valence-electron chi connectivity index (χ4n) is 3.44. The van der Waals surface area contributed by atoms with Crippen molar-refractivity contribution in [3.05, 3.63) is 41.2 Å². The molecule has 1 aliphatic heterocycles. The van der Waals surface area contributed by atoms with E-state index in [-0.39, 0.29) is 11.8 Å². The molecule has 0 atom stereocenters. The van der Waals surface area contributed by atoms with Gasteiger partial charge in [0.05, 0.1) is 26.0 Å². The molecule has 2 heterocycles. The molecule has 0 amide bonds. The summed E-state index contributed by atoms with van der Waals surface area (Å²) in [6.45, 7) is 2.43. The van der Waals surface area contributed by atoms with Crippen LogP contribution in [0.1, 0.15) is 28.1 Å². The molecule has 2 aromatic rings. The van der Waals surface area contributed by atoms with E-state index in [2.05, 4.69) is 4.90 Å². The summed E-state index contributed by atoms with van der Waals surface area (Å²) < 4.78 is 12.0. The first-order valence-corrected chi connectivity index (χ1v) is 9.44. The number of anilines is 1. The first-order chi connectivity index (χ1) is 13.1. The average molecular weight is 389 g/mol. The first-order valence-electron chi connectivity index (χ1n) is 9.06. The highest BCUT2D eigenvalue weighted by Crippen LogP contribution is 2.40. The number of nitrogens with zero attached hydrogens (tertiary/aromatic N) is 2. The fourth-order valence-corrected chi connectivity index (χ4v) is 3.56. The Kier molecular flexibility index (Phi) is 4.93. The smallest absolute Gasteiger partial charge is 0.357 e. The van der Waals surface area contributed by atoms with Gasteiger partial charge in [-0.25, -0.2) is 4.79 Å². The molecule has 1 aromatic carbocycles. The molecular weight excluding hydrogens is 368 g/mol. The molecule has 7 heteroatoms. The summed E-state index contributed by atoms with van der Waals surface area (Å²) in [4.78, 5) is 27.6. The highest BCUT2D eigenvalue weighted by Gasteiger charge is 2.36. The van der Waals surface area contributed by atoms with Gasteiger partial charge < -0.3 is 14.4 Å². The lowest BCUT2D eigenvalue weighted by Crippen LogP contribution is -2.37. The predicted octanol–water partition coefficient (Wildman–Crippen LogP) is 3.48. The lowest BCUT2D eigenvalue weighted by Gasteiger charge is -2.30. The molecule has 0 unspecified atom stereocenters. The second-order valence-electron chi connectivity index (χ2n) is 6.82. The molecular formula is C20H21ClN2O4. The van der Waals surface area contributed by atoms with Gasteiger partial charge in [-0.3, -0.25) is 9.36 Å². The van der Waals surface area contributed by atoms with Gasteiger partial charge in [-0.15, -0.1) is 0 Å². The van der Waals surface area contributed by atoms with Gasteiger partial charge in [0.15, 0.2) is 5.69 Å². The summed E-state index contributed by atoms with van der Waals surface area (Å²) in [6.07, 6.45) is 3.49. The molecule has 2 fully saturated rings. The lowest BCUT2D eigenvalue weighted by atomic mass is 10.1. The predicted molar refractivity (Wildman–Crippen MR) is 103 cm³/mol. The lowest BCUT2D eigenvalue weighted by molar-refractivity contribution is 0.0579. The van der Waals surface area contributed by atoms with E-state index in [1.165, 1.54) is 11.7 Å². The van der Waals surface area contributed by atoms with Gasteiger partial charge in [0.2, 0.25) is 5.91 Å². The molecule has 2 aliphatic rings. The van der Waals surface area contributed by atoms with E-state index in [1.807, 2.05) is 12.1 Å². The summed E-state index contributed by atoms with van der Waals surface area (Å²) in [5.41, 5.74) is 2.74. The number of rotatable bonds is 4. The Labute approximate surface area is 162 Å². The van der Waals surface area contributed by atoms with Crippen molar-refractivity contribution in [3.8, 4) is 11.1 Å². The van der Waals surface area contributed by atoms with Gasteiger partial charge >= 0.3 is 5.97 Å². The maximum atomic E-state index is 12.9. The topological polar surface area (TPSA) is 60.8 Å². The number of hydrogen-bond donors (Lipinski definition) is 0. The van der Waals surface area contributed by atoms with E-state index in [4.69, 9.17) is 21.1 Å². The number of hydrogen-bond acceptors (Lipinski definition) is 5. The maximum Gasteiger partial charge on any atom is 0.357 e. The van der Waals surface area contributed by atoms with Crippen LogP contribution in [-0.4, -0.2) is 49.9 Å². The summed E-state index contributed by atoms with van der Waals surface area (Å²) in [7, 11) is 1.34. The molecule has 0 N–H and O–H groups in total. The van der Waals surface area contributed by atoms with E-state index < -0.39 is 5.97 Å². The van der Waals surface area contributed by atoms with Crippen LogP contribution in [0.3, 0.4) is 0 Å². The third-order valence-electron chi connectivity index (χ3n) is 5.00. The second-order valence-corrected chi connectivity index (χ2v) is 7.26. The second kappa shape index (κ2) is 7.37. The van der Waals surface area contributed by atoms with Gasteiger partial charge in [0.1, 0.15) is 0 Å². The standard InChI is InChI=1S/C20H21ClN2O4/c1-26-20(25)18-17(22-8-10-27-11-9-22)16(13-4-6-15(21)7-5-13)12-23(18)19(24)14-2-3-14/h4-7,12,14H,2-3,8-11H2,1H3. The number of esters is 1. The Balaban J connectivity index is 1.91.